The van der Waals surface area contributed by atoms with E-state index >= 15 is 0 Å². The summed E-state index contributed by atoms with van der Waals surface area (Å²) >= 11 is 0. The van der Waals surface area contributed by atoms with Crippen molar-refractivity contribution < 1.29 is 14.6 Å². The molecule has 0 spiro atoms. The Labute approximate surface area is 184 Å². The van der Waals surface area contributed by atoms with Crippen LogP contribution in [-0.4, -0.2) is 57.4 Å². The Morgan fingerprint density at radius 2 is 2.03 bits per heavy atom. The largest absolute Gasteiger partial charge is 0.489 e. The van der Waals surface area contributed by atoms with Gasteiger partial charge in [0.25, 0.3) is 0 Å². The van der Waals surface area contributed by atoms with Crippen LogP contribution in [0.3, 0.4) is 0 Å². The lowest BCUT2D eigenvalue weighted by Gasteiger charge is -2.27. The summed E-state index contributed by atoms with van der Waals surface area (Å²) in [6, 6.07) is 3.73. The summed E-state index contributed by atoms with van der Waals surface area (Å²) in [4.78, 5) is 17.6. The number of tetrazole rings is 1. The van der Waals surface area contributed by atoms with Gasteiger partial charge in [0, 0.05) is 13.0 Å². The van der Waals surface area contributed by atoms with Crippen molar-refractivity contribution in [3.63, 3.8) is 0 Å². The third-order valence-electron chi connectivity index (χ3n) is 6.19. The van der Waals surface area contributed by atoms with E-state index in [-0.39, 0.29) is 12.0 Å². The second-order valence-corrected chi connectivity index (χ2v) is 8.68. The summed E-state index contributed by atoms with van der Waals surface area (Å²) in [5.74, 6) is 0.825. The van der Waals surface area contributed by atoms with Crippen LogP contribution in [0.5, 0.6) is 5.75 Å². The molecule has 11 nitrogen and oxygen atoms in total. The van der Waals surface area contributed by atoms with E-state index in [2.05, 4.69) is 25.7 Å². The molecule has 0 unspecified atom stereocenters. The molecule has 2 aliphatic rings. The number of aromatic nitrogens is 8. The first-order valence-corrected chi connectivity index (χ1v) is 11.0. The lowest BCUT2D eigenvalue weighted by atomic mass is 9.87. The average Bonchev–Trinajstić information content (AvgIpc) is 3.42. The van der Waals surface area contributed by atoms with Crippen LogP contribution in [0.2, 0.25) is 0 Å². The molecule has 2 atom stereocenters. The number of aryl methyl sites for hydroxylation is 2. The van der Waals surface area contributed by atoms with Gasteiger partial charge in [0.2, 0.25) is 0 Å². The standard InChI is InChI=1S/C21H26N8O3/c1-12-18(32-15-5-3-4-14(10-15)21(30)31)9-8-16(22-12)19-17(28(2)26-23-19)11-29-25-20(24-27-29)13-6-7-13/h8-9,13-15H,3-7,10-11H2,1-2H3,(H,30,31)/t14-,15-/m0/s1. The van der Waals surface area contributed by atoms with Gasteiger partial charge in [0.05, 0.1) is 29.1 Å². The van der Waals surface area contributed by atoms with Crippen molar-refractivity contribution >= 4 is 5.97 Å². The number of hydrogen-bond donors (Lipinski definition) is 1. The fourth-order valence-corrected chi connectivity index (χ4v) is 4.18. The molecule has 0 aromatic carbocycles. The highest BCUT2D eigenvalue weighted by atomic mass is 16.5. The molecule has 0 radical (unpaired) electrons. The van der Waals surface area contributed by atoms with Crippen molar-refractivity contribution in [1.29, 1.82) is 0 Å². The van der Waals surface area contributed by atoms with Gasteiger partial charge in [-0.1, -0.05) is 5.21 Å². The number of pyridine rings is 1. The third-order valence-corrected chi connectivity index (χ3v) is 6.19. The van der Waals surface area contributed by atoms with E-state index in [4.69, 9.17) is 9.72 Å². The molecule has 2 fully saturated rings. The van der Waals surface area contributed by atoms with Gasteiger partial charge in [0.15, 0.2) is 5.82 Å². The highest BCUT2D eigenvalue weighted by Crippen LogP contribution is 2.37. The van der Waals surface area contributed by atoms with Crippen molar-refractivity contribution in [3.8, 4) is 17.1 Å². The first-order chi connectivity index (χ1) is 15.5. The molecular formula is C21H26N8O3. The summed E-state index contributed by atoms with van der Waals surface area (Å²) in [6.07, 6.45) is 5.09. The second-order valence-electron chi connectivity index (χ2n) is 8.68. The molecular weight excluding hydrogens is 412 g/mol. The summed E-state index contributed by atoms with van der Waals surface area (Å²) in [5, 5.41) is 30.6. The van der Waals surface area contributed by atoms with Crippen LogP contribution in [0.25, 0.3) is 11.4 Å². The second kappa shape index (κ2) is 8.29. The summed E-state index contributed by atoms with van der Waals surface area (Å²) in [7, 11) is 1.83. The van der Waals surface area contributed by atoms with Crippen molar-refractivity contribution in [2.75, 3.05) is 0 Å². The van der Waals surface area contributed by atoms with Crippen LogP contribution >= 0.6 is 0 Å². The molecule has 3 heterocycles. The highest BCUT2D eigenvalue weighted by molar-refractivity contribution is 5.70. The van der Waals surface area contributed by atoms with E-state index in [1.807, 2.05) is 26.1 Å². The van der Waals surface area contributed by atoms with Gasteiger partial charge in [-0.05, 0) is 62.8 Å². The molecule has 32 heavy (non-hydrogen) atoms. The van der Waals surface area contributed by atoms with Crippen molar-refractivity contribution in [3.05, 3.63) is 29.3 Å². The monoisotopic (exact) mass is 438 g/mol. The van der Waals surface area contributed by atoms with Crippen LogP contribution in [0, 0.1) is 12.8 Å². The Morgan fingerprint density at radius 3 is 2.78 bits per heavy atom. The van der Waals surface area contributed by atoms with E-state index in [0.717, 1.165) is 42.9 Å². The van der Waals surface area contributed by atoms with Crippen LogP contribution in [-0.2, 0) is 18.4 Å². The molecule has 1 N–H and O–H groups in total. The minimum absolute atomic E-state index is 0.109. The van der Waals surface area contributed by atoms with Crippen LogP contribution in [0.15, 0.2) is 12.1 Å². The topological polar surface area (TPSA) is 134 Å². The van der Waals surface area contributed by atoms with Gasteiger partial charge in [0.1, 0.15) is 18.0 Å². The molecule has 0 amide bonds. The zero-order valence-electron chi connectivity index (χ0n) is 18.2. The Kier molecular flexibility index (Phi) is 5.32. The fraction of sp³-hybridized carbons (Fsp3) is 0.571. The summed E-state index contributed by atoms with van der Waals surface area (Å²) < 4.78 is 7.82. The van der Waals surface area contributed by atoms with Crippen molar-refractivity contribution in [1.82, 2.24) is 40.2 Å². The van der Waals surface area contributed by atoms with E-state index in [0.29, 0.717) is 42.4 Å². The zero-order chi connectivity index (χ0) is 22.2. The predicted octanol–water partition coefficient (Wildman–Crippen LogP) is 2.12. The Morgan fingerprint density at radius 1 is 1.19 bits per heavy atom. The molecule has 3 aromatic heterocycles. The quantitative estimate of drug-likeness (QED) is 0.588. The van der Waals surface area contributed by atoms with Gasteiger partial charge in [-0.15, -0.1) is 15.3 Å². The van der Waals surface area contributed by atoms with Gasteiger partial charge in [-0.25, -0.2) is 9.67 Å². The number of rotatable bonds is 7. The molecule has 3 aromatic rings. The van der Waals surface area contributed by atoms with Crippen LogP contribution in [0.1, 0.15) is 61.7 Å². The number of ether oxygens (including phenoxy) is 1. The molecule has 11 heteroatoms. The fourth-order valence-electron chi connectivity index (χ4n) is 4.18. The first-order valence-electron chi connectivity index (χ1n) is 11.0. The van der Waals surface area contributed by atoms with Gasteiger partial charge in [-0.2, -0.15) is 4.80 Å². The lowest BCUT2D eigenvalue weighted by Crippen LogP contribution is -2.29. The number of carbonyl (C=O) groups is 1. The minimum atomic E-state index is -0.746. The first kappa shape index (κ1) is 20.5. The van der Waals surface area contributed by atoms with Crippen molar-refractivity contribution in [2.45, 2.75) is 64.0 Å². The Hall–Kier alpha value is -3.37. The van der Waals surface area contributed by atoms with Gasteiger partial charge in [-0.3, -0.25) is 4.79 Å². The number of aliphatic carboxylic acids is 1. The van der Waals surface area contributed by atoms with Crippen LogP contribution in [0.4, 0.5) is 0 Å². The summed E-state index contributed by atoms with van der Waals surface area (Å²) in [5.41, 5.74) is 2.91. The predicted molar refractivity (Wildman–Crippen MR) is 112 cm³/mol. The van der Waals surface area contributed by atoms with E-state index in [1.54, 1.807) is 9.48 Å². The third kappa shape index (κ3) is 4.19. The summed E-state index contributed by atoms with van der Waals surface area (Å²) in [6.45, 7) is 2.28. The van der Waals surface area contributed by atoms with E-state index in [1.165, 1.54) is 0 Å². The molecule has 168 valence electrons. The molecule has 0 bridgehead atoms. The van der Waals surface area contributed by atoms with Gasteiger partial charge >= 0.3 is 5.97 Å². The minimum Gasteiger partial charge on any atom is -0.489 e. The highest BCUT2D eigenvalue weighted by Gasteiger charge is 2.29. The Balaban J connectivity index is 1.33. The molecule has 5 rings (SSSR count). The number of hydrogen-bond acceptors (Lipinski definition) is 8. The smallest absolute Gasteiger partial charge is 0.306 e. The molecule has 0 saturated heterocycles. The maximum absolute atomic E-state index is 11.3. The number of carboxylic acid groups (broad SMARTS) is 1. The average molecular weight is 438 g/mol. The maximum atomic E-state index is 11.3. The van der Waals surface area contributed by atoms with Crippen LogP contribution < -0.4 is 4.74 Å². The SMILES string of the molecule is Cc1nc(-c2nnn(C)c2Cn2nnc(C3CC3)n2)ccc1O[C@H]1CCC[C@H](C(=O)O)C1. The number of nitrogens with zero attached hydrogens (tertiary/aromatic N) is 8. The lowest BCUT2D eigenvalue weighted by molar-refractivity contribution is -0.143. The Bertz CT molecular complexity index is 1140. The molecule has 2 saturated carbocycles. The molecule has 2 aliphatic carbocycles. The number of carboxylic acids is 1. The maximum Gasteiger partial charge on any atom is 0.306 e. The van der Waals surface area contributed by atoms with Gasteiger partial charge < -0.3 is 9.84 Å². The van der Waals surface area contributed by atoms with E-state index < -0.39 is 5.97 Å². The van der Waals surface area contributed by atoms with E-state index in [9.17, 15) is 9.90 Å². The normalized spacial score (nSPS) is 20.9. The van der Waals surface area contributed by atoms with Crippen molar-refractivity contribution in [2.24, 2.45) is 13.0 Å². The zero-order valence-corrected chi connectivity index (χ0v) is 18.2. The molecule has 0 aliphatic heterocycles.